The predicted octanol–water partition coefficient (Wildman–Crippen LogP) is 3.52. The Kier molecular flexibility index (Phi) is 5.26. The van der Waals surface area contributed by atoms with Crippen LogP contribution in [-0.2, 0) is 6.54 Å². The fraction of sp³-hybridized carbons (Fsp3) is 0.200. The molecule has 0 saturated heterocycles. The summed E-state index contributed by atoms with van der Waals surface area (Å²) >= 11 is 12.1. The molecular formula is C15H15Cl2NO2. The molecule has 0 aliphatic heterocycles. The highest BCUT2D eigenvalue weighted by atomic mass is 35.5. The van der Waals surface area contributed by atoms with Gasteiger partial charge in [-0.05, 0) is 29.8 Å². The molecule has 2 rings (SSSR count). The Morgan fingerprint density at radius 3 is 2.35 bits per heavy atom. The highest BCUT2D eigenvalue weighted by molar-refractivity contribution is 6.35. The zero-order valence-electron chi connectivity index (χ0n) is 10.7. The van der Waals surface area contributed by atoms with Crippen molar-refractivity contribution in [1.82, 2.24) is 5.32 Å². The summed E-state index contributed by atoms with van der Waals surface area (Å²) in [5.74, 6) is 0.135. The molecule has 106 valence electrons. The van der Waals surface area contributed by atoms with E-state index in [-0.39, 0.29) is 5.75 Å². The zero-order chi connectivity index (χ0) is 14.5. The predicted molar refractivity (Wildman–Crippen MR) is 81.2 cm³/mol. The third kappa shape index (κ3) is 3.87. The molecule has 1 atom stereocenters. The first-order valence-corrected chi connectivity index (χ1v) is 6.94. The van der Waals surface area contributed by atoms with Gasteiger partial charge in [-0.2, -0.15) is 0 Å². The standard InChI is InChI=1S/C15H15Cl2NO2/c16-13-5-2-6-14(17)12(13)8-18-9-15(20)10-3-1-4-11(19)7-10/h1-7,15,18-20H,8-9H2/t15-/m0/s1. The third-order valence-electron chi connectivity index (χ3n) is 2.96. The first kappa shape index (κ1) is 15.1. The molecule has 20 heavy (non-hydrogen) atoms. The maximum atomic E-state index is 10.0. The van der Waals surface area contributed by atoms with Crippen LogP contribution in [0.5, 0.6) is 5.75 Å². The number of nitrogens with one attached hydrogen (secondary N) is 1. The molecule has 0 unspecified atom stereocenters. The number of aliphatic hydroxyl groups is 1. The molecule has 3 N–H and O–H groups in total. The lowest BCUT2D eigenvalue weighted by Gasteiger charge is -2.13. The van der Waals surface area contributed by atoms with E-state index in [2.05, 4.69) is 5.32 Å². The Labute approximate surface area is 127 Å². The number of phenolic OH excluding ortho intramolecular Hbond substituents is 1. The smallest absolute Gasteiger partial charge is 0.115 e. The Bertz CT molecular complexity index is 570. The average molecular weight is 312 g/mol. The van der Waals surface area contributed by atoms with E-state index in [9.17, 15) is 10.2 Å². The van der Waals surface area contributed by atoms with Gasteiger partial charge >= 0.3 is 0 Å². The van der Waals surface area contributed by atoms with Gasteiger partial charge in [0.1, 0.15) is 5.75 Å². The molecule has 5 heteroatoms. The van der Waals surface area contributed by atoms with Crippen molar-refractivity contribution in [3.63, 3.8) is 0 Å². The molecule has 2 aromatic rings. The van der Waals surface area contributed by atoms with Gasteiger partial charge in [-0.3, -0.25) is 0 Å². The number of phenols is 1. The van der Waals surface area contributed by atoms with Crippen molar-refractivity contribution >= 4 is 23.2 Å². The van der Waals surface area contributed by atoms with Gasteiger partial charge in [0, 0.05) is 28.7 Å². The monoisotopic (exact) mass is 311 g/mol. The average Bonchev–Trinajstić information content (AvgIpc) is 2.42. The summed E-state index contributed by atoms with van der Waals surface area (Å²) in [4.78, 5) is 0. The maximum absolute atomic E-state index is 10.0. The van der Waals surface area contributed by atoms with E-state index in [1.54, 1.807) is 36.4 Å². The number of halogens is 2. The molecule has 0 aromatic heterocycles. The summed E-state index contributed by atoms with van der Waals surface area (Å²) in [5.41, 5.74) is 1.46. The van der Waals surface area contributed by atoms with Crippen molar-refractivity contribution in [2.45, 2.75) is 12.6 Å². The first-order valence-electron chi connectivity index (χ1n) is 6.18. The lowest BCUT2D eigenvalue weighted by Crippen LogP contribution is -2.21. The zero-order valence-corrected chi connectivity index (χ0v) is 12.2. The lowest BCUT2D eigenvalue weighted by atomic mass is 10.1. The summed E-state index contributed by atoms with van der Waals surface area (Å²) in [6, 6.07) is 11.9. The fourth-order valence-corrected chi connectivity index (χ4v) is 2.42. The van der Waals surface area contributed by atoms with Crippen LogP contribution in [0.1, 0.15) is 17.2 Å². The number of hydrogen-bond acceptors (Lipinski definition) is 3. The highest BCUT2D eigenvalue weighted by Gasteiger charge is 2.09. The van der Waals surface area contributed by atoms with Crippen molar-refractivity contribution in [3.8, 4) is 5.75 Å². The second kappa shape index (κ2) is 6.95. The summed E-state index contributed by atoms with van der Waals surface area (Å²) in [7, 11) is 0. The SMILES string of the molecule is Oc1cccc([C@@H](O)CNCc2c(Cl)cccc2Cl)c1. The fourth-order valence-electron chi connectivity index (χ4n) is 1.89. The molecule has 0 radical (unpaired) electrons. The second-order valence-corrected chi connectivity index (χ2v) is 5.26. The Morgan fingerprint density at radius 1 is 1.05 bits per heavy atom. The van der Waals surface area contributed by atoms with Gasteiger partial charge in [-0.15, -0.1) is 0 Å². The number of aliphatic hydroxyl groups excluding tert-OH is 1. The van der Waals surface area contributed by atoms with Gasteiger partial charge in [-0.1, -0.05) is 41.4 Å². The van der Waals surface area contributed by atoms with E-state index >= 15 is 0 Å². The van der Waals surface area contributed by atoms with Crippen LogP contribution in [0.2, 0.25) is 10.0 Å². The molecular weight excluding hydrogens is 297 g/mol. The van der Waals surface area contributed by atoms with Crippen LogP contribution in [0.15, 0.2) is 42.5 Å². The molecule has 0 aliphatic rings. The van der Waals surface area contributed by atoms with Gasteiger partial charge in [0.2, 0.25) is 0 Å². The minimum absolute atomic E-state index is 0.135. The summed E-state index contributed by atoms with van der Waals surface area (Å²) in [5, 5.41) is 23.7. The van der Waals surface area contributed by atoms with E-state index in [1.807, 2.05) is 0 Å². The largest absolute Gasteiger partial charge is 0.508 e. The topological polar surface area (TPSA) is 52.5 Å². The maximum Gasteiger partial charge on any atom is 0.115 e. The molecule has 0 bridgehead atoms. The van der Waals surface area contributed by atoms with Crippen LogP contribution in [0, 0.1) is 0 Å². The van der Waals surface area contributed by atoms with Crippen molar-refractivity contribution in [1.29, 1.82) is 0 Å². The van der Waals surface area contributed by atoms with E-state index in [1.165, 1.54) is 6.07 Å². The van der Waals surface area contributed by atoms with Gasteiger partial charge in [0.15, 0.2) is 0 Å². The molecule has 2 aromatic carbocycles. The third-order valence-corrected chi connectivity index (χ3v) is 3.66. The molecule has 0 heterocycles. The normalized spacial score (nSPS) is 12.3. The lowest BCUT2D eigenvalue weighted by molar-refractivity contribution is 0.174. The quantitative estimate of drug-likeness (QED) is 0.792. The summed E-state index contributed by atoms with van der Waals surface area (Å²) < 4.78 is 0. The first-order chi connectivity index (χ1) is 9.58. The Morgan fingerprint density at radius 2 is 1.70 bits per heavy atom. The van der Waals surface area contributed by atoms with Gasteiger partial charge < -0.3 is 15.5 Å². The number of benzene rings is 2. The van der Waals surface area contributed by atoms with Gasteiger partial charge in [0.05, 0.1) is 6.10 Å². The molecule has 0 fully saturated rings. The van der Waals surface area contributed by atoms with Crippen molar-refractivity contribution in [2.75, 3.05) is 6.54 Å². The highest BCUT2D eigenvalue weighted by Crippen LogP contribution is 2.24. The molecule has 0 spiro atoms. The molecule has 3 nitrogen and oxygen atoms in total. The van der Waals surface area contributed by atoms with Crippen molar-refractivity contribution < 1.29 is 10.2 Å². The van der Waals surface area contributed by atoms with Crippen molar-refractivity contribution in [3.05, 3.63) is 63.6 Å². The minimum atomic E-state index is -0.705. The van der Waals surface area contributed by atoms with E-state index in [0.717, 1.165) is 5.56 Å². The van der Waals surface area contributed by atoms with Crippen LogP contribution in [0.4, 0.5) is 0 Å². The minimum Gasteiger partial charge on any atom is -0.508 e. The number of aromatic hydroxyl groups is 1. The van der Waals surface area contributed by atoms with Crippen LogP contribution in [0.25, 0.3) is 0 Å². The Balaban J connectivity index is 1.93. The molecule has 0 saturated carbocycles. The van der Waals surface area contributed by atoms with Crippen molar-refractivity contribution in [2.24, 2.45) is 0 Å². The van der Waals surface area contributed by atoms with E-state index in [4.69, 9.17) is 23.2 Å². The van der Waals surface area contributed by atoms with Gasteiger partial charge in [-0.25, -0.2) is 0 Å². The van der Waals surface area contributed by atoms with Crippen LogP contribution >= 0.6 is 23.2 Å². The van der Waals surface area contributed by atoms with Crippen LogP contribution in [-0.4, -0.2) is 16.8 Å². The van der Waals surface area contributed by atoms with E-state index in [0.29, 0.717) is 28.7 Å². The summed E-state index contributed by atoms with van der Waals surface area (Å²) in [6.07, 6.45) is -0.705. The van der Waals surface area contributed by atoms with E-state index < -0.39 is 6.10 Å². The Hall–Kier alpha value is -1.26. The van der Waals surface area contributed by atoms with Crippen LogP contribution in [0.3, 0.4) is 0 Å². The number of hydrogen-bond donors (Lipinski definition) is 3. The van der Waals surface area contributed by atoms with Crippen LogP contribution < -0.4 is 5.32 Å². The summed E-state index contributed by atoms with van der Waals surface area (Å²) in [6.45, 7) is 0.805. The number of rotatable bonds is 5. The molecule has 0 aliphatic carbocycles. The molecule has 0 amide bonds. The van der Waals surface area contributed by atoms with Gasteiger partial charge in [0.25, 0.3) is 0 Å². The second-order valence-electron chi connectivity index (χ2n) is 4.44.